The summed E-state index contributed by atoms with van der Waals surface area (Å²) in [4.78, 5) is 0. The lowest BCUT2D eigenvalue weighted by Gasteiger charge is -2.39. The van der Waals surface area contributed by atoms with E-state index in [1.165, 1.54) is 28.6 Å². The van der Waals surface area contributed by atoms with Crippen LogP contribution in [-0.2, 0) is 0 Å². The van der Waals surface area contributed by atoms with Crippen molar-refractivity contribution in [2.45, 2.75) is 39.7 Å². The maximum absolute atomic E-state index is 3.64. The summed E-state index contributed by atoms with van der Waals surface area (Å²) in [5.74, 6) is 1.76. The predicted octanol–water partition coefficient (Wildman–Crippen LogP) is 4.60. The molecule has 1 aromatic carbocycles. The zero-order valence-electron chi connectivity index (χ0n) is 10.3. The first-order chi connectivity index (χ1) is 7.58. The fourth-order valence-electron chi connectivity index (χ4n) is 2.31. The number of benzene rings is 1. The van der Waals surface area contributed by atoms with Crippen molar-refractivity contribution >= 4 is 21.6 Å². The molecule has 0 aromatic heterocycles. The van der Waals surface area contributed by atoms with Crippen LogP contribution in [0.4, 0.5) is 5.69 Å². The van der Waals surface area contributed by atoms with Gasteiger partial charge in [-0.05, 0) is 49.3 Å². The fourth-order valence-corrected chi connectivity index (χ4v) is 2.67. The van der Waals surface area contributed by atoms with Crippen molar-refractivity contribution in [1.29, 1.82) is 0 Å². The lowest BCUT2D eigenvalue weighted by Crippen LogP contribution is -2.38. The number of hydrogen-bond acceptors (Lipinski definition) is 1. The van der Waals surface area contributed by atoms with Crippen molar-refractivity contribution in [1.82, 2.24) is 0 Å². The highest BCUT2D eigenvalue weighted by molar-refractivity contribution is 9.10. The first-order valence-corrected chi connectivity index (χ1v) is 6.89. The molecule has 1 fully saturated rings. The summed E-state index contributed by atoms with van der Waals surface area (Å²) in [5.41, 5.74) is 2.59. The Kier molecular flexibility index (Phi) is 3.58. The van der Waals surface area contributed by atoms with Crippen LogP contribution in [0.2, 0.25) is 0 Å². The Morgan fingerprint density at radius 3 is 2.62 bits per heavy atom. The van der Waals surface area contributed by atoms with Gasteiger partial charge in [0, 0.05) is 16.2 Å². The van der Waals surface area contributed by atoms with Gasteiger partial charge >= 0.3 is 0 Å². The molecule has 0 bridgehead atoms. The van der Waals surface area contributed by atoms with E-state index in [0.717, 1.165) is 11.8 Å². The van der Waals surface area contributed by atoms with Crippen LogP contribution in [0.25, 0.3) is 0 Å². The van der Waals surface area contributed by atoms with Crippen LogP contribution >= 0.6 is 15.9 Å². The minimum Gasteiger partial charge on any atom is -0.382 e. The molecule has 1 N–H and O–H groups in total. The van der Waals surface area contributed by atoms with Gasteiger partial charge in [-0.3, -0.25) is 0 Å². The summed E-state index contributed by atoms with van der Waals surface area (Å²) in [6, 6.07) is 7.04. The molecule has 0 amide bonds. The van der Waals surface area contributed by atoms with Gasteiger partial charge in [0.25, 0.3) is 0 Å². The van der Waals surface area contributed by atoms with Gasteiger partial charge in [0.05, 0.1) is 0 Å². The Hall–Kier alpha value is -0.500. The number of halogens is 1. The van der Waals surface area contributed by atoms with Crippen LogP contribution in [0.1, 0.15) is 32.3 Å². The second kappa shape index (κ2) is 4.79. The maximum atomic E-state index is 3.64. The smallest absolute Gasteiger partial charge is 0.0383 e. The van der Waals surface area contributed by atoms with Gasteiger partial charge in [-0.25, -0.2) is 0 Å². The van der Waals surface area contributed by atoms with Gasteiger partial charge in [-0.2, -0.15) is 0 Å². The second-order valence-electron chi connectivity index (χ2n) is 5.23. The summed E-state index contributed by atoms with van der Waals surface area (Å²) in [6.45, 7) is 6.81. The molecule has 0 radical (unpaired) electrons. The van der Waals surface area contributed by atoms with Gasteiger partial charge in [0.1, 0.15) is 0 Å². The average molecular weight is 282 g/mol. The minimum absolute atomic E-state index is 0.681. The highest BCUT2D eigenvalue weighted by Gasteiger charge is 2.31. The molecule has 2 rings (SSSR count). The predicted molar refractivity (Wildman–Crippen MR) is 73.9 cm³/mol. The van der Waals surface area contributed by atoms with Crippen LogP contribution in [0.15, 0.2) is 22.7 Å². The molecule has 1 aliphatic carbocycles. The number of rotatable bonds is 3. The molecule has 0 atom stereocenters. The van der Waals surface area contributed by atoms with E-state index >= 15 is 0 Å². The van der Waals surface area contributed by atoms with Crippen molar-refractivity contribution in [2.75, 3.05) is 5.32 Å². The molecule has 0 saturated heterocycles. The van der Waals surface area contributed by atoms with Crippen molar-refractivity contribution in [2.24, 2.45) is 11.8 Å². The zero-order valence-corrected chi connectivity index (χ0v) is 11.8. The van der Waals surface area contributed by atoms with Crippen molar-refractivity contribution in [3.8, 4) is 0 Å². The molecule has 16 heavy (non-hydrogen) atoms. The standard InChI is InChI=1S/C14H20BrN/c1-9(2)11-7-12(8-11)16-14-6-4-5-13(15)10(14)3/h4-6,9,11-12,16H,7-8H2,1-3H3. The van der Waals surface area contributed by atoms with Crippen molar-refractivity contribution in [3.05, 3.63) is 28.2 Å². The SMILES string of the molecule is Cc1c(Br)cccc1NC1CC(C(C)C)C1. The van der Waals surface area contributed by atoms with Crippen LogP contribution < -0.4 is 5.32 Å². The summed E-state index contributed by atoms with van der Waals surface area (Å²) in [7, 11) is 0. The second-order valence-corrected chi connectivity index (χ2v) is 6.08. The van der Waals surface area contributed by atoms with Crippen LogP contribution in [0, 0.1) is 18.8 Å². The van der Waals surface area contributed by atoms with Gasteiger partial charge in [0.15, 0.2) is 0 Å². The fraction of sp³-hybridized carbons (Fsp3) is 0.571. The van der Waals surface area contributed by atoms with E-state index in [0.29, 0.717) is 6.04 Å². The van der Waals surface area contributed by atoms with Gasteiger partial charge in [-0.1, -0.05) is 35.8 Å². The summed E-state index contributed by atoms with van der Waals surface area (Å²) in [6.07, 6.45) is 2.65. The van der Waals surface area contributed by atoms with Gasteiger partial charge < -0.3 is 5.32 Å². The quantitative estimate of drug-likeness (QED) is 0.854. The molecule has 0 heterocycles. The molecule has 88 valence electrons. The molecule has 2 heteroatoms. The highest BCUT2D eigenvalue weighted by atomic mass is 79.9. The van der Waals surface area contributed by atoms with E-state index < -0.39 is 0 Å². The third-order valence-electron chi connectivity index (χ3n) is 3.74. The van der Waals surface area contributed by atoms with Gasteiger partial charge in [0.2, 0.25) is 0 Å². The number of hydrogen-bond donors (Lipinski definition) is 1. The van der Waals surface area contributed by atoms with E-state index in [2.05, 4.69) is 60.2 Å². The van der Waals surface area contributed by atoms with Crippen LogP contribution in [0.3, 0.4) is 0 Å². The third-order valence-corrected chi connectivity index (χ3v) is 4.60. The van der Waals surface area contributed by atoms with E-state index in [4.69, 9.17) is 0 Å². The van der Waals surface area contributed by atoms with Crippen LogP contribution in [0.5, 0.6) is 0 Å². The lowest BCUT2D eigenvalue weighted by molar-refractivity contribution is 0.212. The number of anilines is 1. The first-order valence-electron chi connectivity index (χ1n) is 6.09. The summed E-state index contributed by atoms with van der Waals surface area (Å²) in [5, 5.41) is 3.64. The zero-order chi connectivity index (χ0) is 11.7. The highest BCUT2D eigenvalue weighted by Crippen LogP contribution is 2.36. The molecule has 1 aromatic rings. The Morgan fingerprint density at radius 1 is 1.31 bits per heavy atom. The maximum Gasteiger partial charge on any atom is 0.0383 e. The van der Waals surface area contributed by atoms with Crippen molar-refractivity contribution < 1.29 is 0 Å². The van der Waals surface area contributed by atoms with Gasteiger partial charge in [-0.15, -0.1) is 0 Å². The third kappa shape index (κ3) is 2.42. The molecular weight excluding hydrogens is 262 g/mol. The molecule has 0 aliphatic heterocycles. The topological polar surface area (TPSA) is 12.0 Å². The lowest BCUT2D eigenvalue weighted by atomic mass is 9.73. The van der Waals surface area contributed by atoms with E-state index in [1.807, 2.05) is 0 Å². The molecule has 0 unspecified atom stereocenters. The molecule has 1 aliphatic rings. The largest absolute Gasteiger partial charge is 0.382 e. The van der Waals surface area contributed by atoms with Crippen molar-refractivity contribution in [3.63, 3.8) is 0 Å². The Bertz CT molecular complexity index is 367. The Balaban J connectivity index is 1.94. The Labute approximate surface area is 107 Å². The first kappa shape index (κ1) is 12.0. The Morgan fingerprint density at radius 2 is 2.00 bits per heavy atom. The molecule has 0 spiro atoms. The van der Waals surface area contributed by atoms with E-state index in [1.54, 1.807) is 0 Å². The summed E-state index contributed by atoms with van der Waals surface area (Å²) < 4.78 is 1.19. The van der Waals surface area contributed by atoms with E-state index in [-0.39, 0.29) is 0 Å². The van der Waals surface area contributed by atoms with E-state index in [9.17, 15) is 0 Å². The van der Waals surface area contributed by atoms with Crippen LogP contribution in [-0.4, -0.2) is 6.04 Å². The molecule has 1 saturated carbocycles. The normalized spacial score (nSPS) is 24.3. The average Bonchev–Trinajstić information content (AvgIpc) is 2.16. The monoisotopic (exact) mass is 281 g/mol. The number of nitrogens with one attached hydrogen (secondary N) is 1. The minimum atomic E-state index is 0.681. The molecule has 1 nitrogen and oxygen atoms in total. The molecular formula is C14H20BrN. The summed E-state index contributed by atoms with van der Waals surface area (Å²) >= 11 is 3.57.